The van der Waals surface area contributed by atoms with Crippen molar-refractivity contribution < 1.29 is 19.1 Å². The first-order valence-electron chi connectivity index (χ1n) is 4.70. The van der Waals surface area contributed by atoms with Gasteiger partial charge in [0.2, 0.25) is 6.29 Å². The van der Waals surface area contributed by atoms with Crippen LogP contribution in [-0.4, -0.2) is 31.0 Å². The van der Waals surface area contributed by atoms with E-state index in [-0.39, 0.29) is 5.91 Å². The number of hydrogen-bond donors (Lipinski definition) is 1. The highest BCUT2D eigenvalue weighted by atomic mass is 16.7. The van der Waals surface area contributed by atoms with Crippen molar-refractivity contribution in [2.45, 2.75) is 39.1 Å². The van der Waals surface area contributed by atoms with Crippen molar-refractivity contribution >= 4 is 5.91 Å². The average molecular weight is 203 g/mol. The highest BCUT2D eigenvalue weighted by Crippen LogP contribution is 2.07. The van der Waals surface area contributed by atoms with Crippen LogP contribution in [0.3, 0.4) is 0 Å². The molecule has 1 rings (SSSR count). The second-order valence-electron chi connectivity index (χ2n) is 4.11. The summed E-state index contributed by atoms with van der Waals surface area (Å²) in [5, 5.41) is 0. The molecular weight excluding hydrogens is 186 g/mol. The Hall–Kier alpha value is -0.650. The van der Waals surface area contributed by atoms with Crippen LogP contribution in [0.5, 0.6) is 0 Å². The van der Waals surface area contributed by atoms with Gasteiger partial charge in [0, 0.05) is 0 Å². The highest BCUT2D eigenvalue weighted by Gasteiger charge is 2.24. The molecule has 0 aliphatic carbocycles. The fourth-order valence-corrected chi connectivity index (χ4v) is 0.891. The van der Waals surface area contributed by atoms with Gasteiger partial charge in [-0.25, -0.2) is 5.48 Å². The van der Waals surface area contributed by atoms with E-state index in [0.29, 0.717) is 13.2 Å². The van der Waals surface area contributed by atoms with E-state index in [9.17, 15) is 4.79 Å². The van der Waals surface area contributed by atoms with E-state index in [1.165, 1.54) is 0 Å². The molecule has 1 heterocycles. The van der Waals surface area contributed by atoms with Gasteiger partial charge < -0.3 is 9.47 Å². The van der Waals surface area contributed by atoms with E-state index in [4.69, 9.17) is 14.3 Å². The molecule has 0 radical (unpaired) electrons. The SMILES string of the molecule is CC(C)(C)ONC(=O)C1OCCCO1. The molecular formula is C9H17NO4. The predicted molar refractivity (Wildman–Crippen MR) is 49.3 cm³/mol. The van der Waals surface area contributed by atoms with E-state index in [1.54, 1.807) is 0 Å². The molecule has 1 saturated heterocycles. The molecule has 1 aliphatic heterocycles. The summed E-state index contributed by atoms with van der Waals surface area (Å²) in [7, 11) is 0. The zero-order chi connectivity index (χ0) is 10.6. The number of amides is 1. The summed E-state index contributed by atoms with van der Waals surface area (Å²) in [5.74, 6) is -0.389. The lowest BCUT2D eigenvalue weighted by molar-refractivity contribution is -0.205. The summed E-state index contributed by atoms with van der Waals surface area (Å²) in [6.45, 7) is 6.63. The zero-order valence-electron chi connectivity index (χ0n) is 8.83. The van der Waals surface area contributed by atoms with E-state index in [0.717, 1.165) is 6.42 Å². The normalized spacial score (nSPS) is 19.4. The number of carbonyl (C=O) groups excluding carboxylic acids is 1. The van der Waals surface area contributed by atoms with E-state index in [1.807, 2.05) is 20.8 Å². The standard InChI is InChI=1S/C9H17NO4/c1-9(2,3)14-10-7(11)8-12-5-4-6-13-8/h8H,4-6H2,1-3H3,(H,10,11). The average Bonchev–Trinajstić information content (AvgIpc) is 2.14. The minimum absolute atomic E-state index is 0.389. The molecule has 82 valence electrons. The van der Waals surface area contributed by atoms with Gasteiger partial charge in [0.15, 0.2) is 0 Å². The molecule has 0 bridgehead atoms. The molecule has 14 heavy (non-hydrogen) atoms. The molecule has 1 N–H and O–H groups in total. The molecule has 0 unspecified atom stereocenters. The molecule has 0 saturated carbocycles. The number of hydrogen-bond acceptors (Lipinski definition) is 4. The first-order valence-corrected chi connectivity index (χ1v) is 4.70. The summed E-state index contributed by atoms with van der Waals surface area (Å²) in [6.07, 6.45) is -0.00436. The van der Waals surface area contributed by atoms with Gasteiger partial charge in [-0.3, -0.25) is 9.63 Å². The van der Waals surface area contributed by atoms with Crippen LogP contribution in [-0.2, 0) is 19.1 Å². The summed E-state index contributed by atoms with van der Waals surface area (Å²) in [5.41, 5.74) is 1.89. The molecule has 0 atom stereocenters. The lowest BCUT2D eigenvalue weighted by atomic mass is 10.2. The van der Waals surface area contributed by atoms with Crippen molar-refractivity contribution in [3.63, 3.8) is 0 Å². The Morgan fingerprint density at radius 2 is 1.93 bits per heavy atom. The van der Waals surface area contributed by atoms with Gasteiger partial charge in [-0.1, -0.05) is 0 Å². The molecule has 5 nitrogen and oxygen atoms in total. The monoisotopic (exact) mass is 203 g/mol. The lowest BCUT2D eigenvalue weighted by Crippen LogP contribution is -2.43. The quantitative estimate of drug-likeness (QED) is 0.667. The fourth-order valence-electron chi connectivity index (χ4n) is 0.891. The van der Waals surface area contributed by atoms with Crippen molar-refractivity contribution in [3.05, 3.63) is 0 Å². The Balaban J connectivity index is 2.27. The number of nitrogens with one attached hydrogen (secondary N) is 1. The van der Waals surface area contributed by atoms with Gasteiger partial charge in [-0.15, -0.1) is 0 Å². The van der Waals surface area contributed by atoms with Crippen molar-refractivity contribution in [1.29, 1.82) is 0 Å². The molecule has 1 aliphatic rings. The van der Waals surface area contributed by atoms with Gasteiger partial charge in [0.05, 0.1) is 18.8 Å². The minimum atomic E-state index is -0.828. The fraction of sp³-hybridized carbons (Fsp3) is 0.889. The summed E-state index contributed by atoms with van der Waals surface area (Å²) in [6, 6.07) is 0. The van der Waals surface area contributed by atoms with Crippen LogP contribution in [0.15, 0.2) is 0 Å². The highest BCUT2D eigenvalue weighted by molar-refractivity contribution is 5.78. The molecule has 1 fully saturated rings. The van der Waals surface area contributed by atoms with Gasteiger partial charge >= 0.3 is 0 Å². The van der Waals surface area contributed by atoms with Crippen LogP contribution < -0.4 is 5.48 Å². The predicted octanol–water partition coefficient (Wildman–Crippen LogP) is 0.596. The summed E-state index contributed by atoms with van der Waals surface area (Å²) in [4.78, 5) is 16.4. The molecule has 0 aromatic carbocycles. The molecule has 0 aromatic heterocycles. The first kappa shape index (κ1) is 11.4. The van der Waals surface area contributed by atoms with Crippen LogP contribution in [0, 0.1) is 0 Å². The van der Waals surface area contributed by atoms with Crippen LogP contribution in [0.4, 0.5) is 0 Å². The smallest absolute Gasteiger partial charge is 0.300 e. The van der Waals surface area contributed by atoms with Crippen LogP contribution in [0.2, 0.25) is 0 Å². The van der Waals surface area contributed by atoms with Gasteiger partial charge in [0.25, 0.3) is 5.91 Å². The van der Waals surface area contributed by atoms with E-state index in [2.05, 4.69) is 5.48 Å². The van der Waals surface area contributed by atoms with Crippen molar-refractivity contribution in [3.8, 4) is 0 Å². The van der Waals surface area contributed by atoms with Crippen LogP contribution >= 0.6 is 0 Å². The van der Waals surface area contributed by atoms with Crippen molar-refractivity contribution in [2.24, 2.45) is 0 Å². The maximum absolute atomic E-state index is 11.4. The van der Waals surface area contributed by atoms with Crippen molar-refractivity contribution in [2.75, 3.05) is 13.2 Å². The lowest BCUT2D eigenvalue weighted by Gasteiger charge is -2.24. The third-order valence-electron chi connectivity index (χ3n) is 1.50. The topological polar surface area (TPSA) is 56.8 Å². The third-order valence-corrected chi connectivity index (χ3v) is 1.50. The van der Waals surface area contributed by atoms with E-state index < -0.39 is 11.9 Å². The number of rotatable bonds is 2. The molecule has 1 amide bonds. The Bertz CT molecular complexity index is 193. The summed E-state index contributed by atoms with van der Waals surface area (Å²) < 4.78 is 10.2. The Labute approximate surface area is 83.7 Å². The molecule has 5 heteroatoms. The number of carbonyl (C=O) groups is 1. The minimum Gasteiger partial charge on any atom is -0.344 e. The van der Waals surface area contributed by atoms with Crippen molar-refractivity contribution in [1.82, 2.24) is 5.48 Å². The van der Waals surface area contributed by atoms with Gasteiger partial charge in [0.1, 0.15) is 0 Å². The first-order chi connectivity index (χ1) is 6.49. The zero-order valence-corrected chi connectivity index (χ0v) is 8.83. The Kier molecular flexibility index (Phi) is 3.86. The third kappa shape index (κ3) is 4.04. The maximum atomic E-state index is 11.4. The van der Waals surface area contributed by atoms with Gasteiger partial charge in [-0.2, -0.15) is 0 Å². The van der Waals surface area contributed by atoms with E-state index >= 15 is 0 Å². The second-order valence-corrected chi connectivity index (χ2v) is 4.11. The van der Waals surface area contributed by atoms with Gasteiger partial charge in [-0.05, 0) is 27.2 Å². The Morgan fingerprint density at radius 3 is 2.43 bits per heavy atom. The largest absolute Gasteiger partial charge is 0.344 e. The second kappa shape index (κ2) is 4.72. The molecule has 0 aromatic rings. The molecule has 0 spiro atoms. The summed E-state index contributed by atoms with van der Waals surface area (Å²) >= 11 is 0. The maximum Gasteiger partial charge on any atom is 0.300 e. The van der Waals surface area contributed by atoms with Crippen LogP contribution in [0.25, 0.3) is 0 Å². The Morgan fingerprint density at radius 1 is 1.36 bits per heavy atom. The number of hydroxylamine groups is 1. The van der Waals surface area contributed by atoms with Crippen LogP contribution in [0.1, 0.15) is 27.2 Å². The number of ether oxygens (including phenoxy) is 2.